The fraction of sp³-hybridized carbons (Fsp3) is 0.333. The number of ether oxygens (including phenoxy) is 1. The van der Waals surface area contributed by atoms with E-state index in [1.54, 1.807) is 24.3 Å². The van der Waals surface area contributed by atoms with E-state index in [4.69, 9.17) is 4.74 Å². The molecule has 0 bridgehead atoms. The van der Waals surface area contributed by atoms with E-state index >= 15 is 0 Å². The molecular weight excluding hydrogens is 374 g/mol. The summed E-state index contributed by atoms with van der Waals surface area (Å²) in [5.74, 6) is 1.03. The summed E-state index contributed by atoms with van der Waals surface area (Å²) in [4.78, 5) is 10.3. The van der Waals surface area contributed by atoms with Crippen LogP contribution in [-0.2, 0) is 6.42 Å². The van der Waals surface area contributed by atoms with Crippen LogP contribution in [0.4, 0.5) is 5.69 Å². The molecule has 8 heteroatoms. The smallest absolute Gasteiger partial charge is 0.269 e. The number of nitrogens with zero attached hydrogens (tertiary/aromatic N) is 1. The largest absolute Gasteiger partial charge is 0.486 e. The lowest BCUT2D eigenvalue weighted by molar-refractivity contribution is -0.384. The van der Waals surface area contributed by atoms with Crippen molar-refractivity contribution < 1.29 is 19.9 Å². The highest BCUT2D eigenvalue weighted by Gasteiger charge is 2.38. The first-order valence-electron chi connectivity index (χ1n) is 8.09. The number of hydrogen-bond acceptors (Lipinski definition) is 7. The molecule has 138 valence electrons. The Balaban J connectivity index is 1.63. The van der Waals surface area contributed by atoms with Crippen LogP contribution in [0.15, 0.2) is 48.5 Å². The van der Waals surface area contributed by atoms with E-state index in [2.05, 4.69) is 12.6 Å². The van der Waals surface area contributed by atoms with E-state index in [1.807, 2.05) is 12.1 Å². The van der Waals surface area contributed by atoms with Crippen LogP contribution in [-0.4, -0.2) is 43.8 Å². The molecule has 0 saturated carbocycles. The van der Waals surface area contributed by atoms with Crippen LogP contribution >= 0.6 is 24.4 Å². The normalized spacial score (nSPS) is 25.7. The molecule has 0 radical (unpaired) electrons. The average molecular weight is 393 g/mol. The minimum absolute atomic E-state index is 0.0740. The van der Waals surface area contributed by atoms with Crippen molar-refractivity contribution in [3.63, 3.8) is 0 Å². The maximum absolute atomic E-state index is 10.7. The second-order valence-corrected chi connectivity index (χ2v) is 8.19. The van der Waals surface area contributed by atoms with Crippen LogP contribution in [0.3, 0.4) is 0 Å². The molecular formula is C18H19NO5S2. The summed E-state index contributed by atoms with van der Waals surface area (Å²) in [7, 11) is 0. The molecule has 26 heavy (non-hydrogen) atoms. The van der Waals surface area contributed by atoms with E-state index in [9.17, 15) is 20.3 Å². The zero-order valence-corrected chi connectivity index (χ0v) is 15.5. The lowest BCUT2D eigenvalue weighted by atomic mass is 10.0. The van der Waals surface area contributed by atoms with Crippen LogP contribution in [0.2, 0.25) is 0 Å². The number of aliphatic hydroxyl groups excluding tert-OH is 2. The van der Waals surface area contributed by atoms with Crippen LogP contribution in [0.1, 0.15) is 11.1 Å². The third-order valence-electron chi connectivity index (χ3n) is 4.20. The van der Waals surface area contributed by atoms with E-state index in [0.717, 1.165) is 11.1 Å². The molecule has 1 aliphatic rings. The Bertz CT molecular complexity index is 753. The lowest BCUT2D eigenvalue weighted by Gasteiger charge is -2.35. The zero-order valence-electron chi connectivity index (χ0n) is 13.8. The van der Waals surface area contributed by atoms with Gasteiger partial charge in [0, 0.05) is 17.9 Å². The van der Waals surface area contributed by atoms with Gasteiger partial charge < -0.3 is 14.9 Å². The molecule has 2 N–H and O–H groups in total. The third-order valence-corrected chi connectivity index (χ3v) is 6.09. The topological polar surface area (TPSA) is 92.8 Å². The van der Waals surface area contributed by atoms with E-state index in [-0.39, 0.29) is 10.3 Å². The number of thiol groups is 1. The molecule has 0 amide bonds. The van der Waals surface area contributed by atoms with E-state index < -0.39 is 23.2 Å². The van der Waals surface area contributed by atoms with Crippen LogP contribution in [0.5, 0.6) is 5.75 Å². The number of rotatable bonds is 5. The molecule has 1 saturated heterocycles. The summed E-state index contributed by atoms with van der Waals surface area (Å²) < 4.78 is 5.60. The predicted octanol–water partition coefficient (Wildman–Crippen LogP) is 2.66. The lowest BCUT2D eigenvalue weighted by Crippen LogP contribution is -2.50. The van der Waals surface area contributed by atoms with Gasteiger partial charge in [0.15, 0.2) is 0 Å². The number of non-ortho nitro benzene ring substituents is 1. The molecule has 1 heterocycles. The minimum atomic E-state index is -0.974. The quantitative estimate of drug-likeness (QED) is 0.411. The predicted molar refractivity (Wildman–Crippen MR) is 104 cm³/mol. The summed E-state index contributed by atoms with van der Waals surface area (Å²) in [6.07, 6.45) is -1.74. The fourth-order valence-corrected chi connectivity index (χ4v) is 4.21. The van der Waals surface area contributed by atoms with Gasteiger partial charge in [0.2, 0.25) is 0 Å². The monoisotopic (exact) mass is 393 g/mol. The highest BCUT2D eigenvalue weighted by molar-refractivity contribution is 8.10. The Morgan fingerprint density at radius 2 is 1.69 bits per heavy atom. The minimum Gasteiger partial charge on any atom is -0.486 e. The van der Waals surface area contributed by atoms with Gasteiger partial charge in [-0.3, -0.25) is 10.1 Å². The molecule has 3 rings (SSSR count). The molecule has 2 aromatic rings. The standard InChI is InChI=1S/C18H19NO5S2/c20-15-10-26-18(25)17(16(15)21)24-14-7-3-12(4-8-14)9-11-1-5-13(6-2-11)19(22)23/h1-8,15-18,20-21,25H,9-10H2/t15-,16+,17-,18-/m1/s1. The van der Waals surface area contributed by atoms with Crippen LogP contribution < -0.4 is 4.74 Å². The second kappa shape index (κ2) is 8.30. The first-order chi connectivity index (χ1) is 12.4. The fourth-order valence-electron chi connectivity index (χ4n) is 2.72. The second-order valence-electron chi connectivity index (χ2n) is 6.11. The maximum atomic E-state index is 10.7. The van der Waals surface area contributed by atoms with Gasteiger partial charge in [0.05, 0.1) is 15.6 Å². The molecule has 0 aromatic heterocycles. The zero-order chi connectivity index (χ0) is 18.7. The van der Waals surface area contributed by atoms with E-state index in [1.165, 1.54) is 23.9 Å². The third kappa shape index (κ3) is 4.50. The van der Waals surface area contributed by atoms with Gasteiger partial charge in [-0.15, -0.1) is 11.8 Å². The van der Waals surface area contributed by atoms with E-state index in [0.29, 0.717) is 17.9 Å². The Morgan fingerprint density at radius 3 is 2.27 bits per heavy atom. The Morgan fingerprint density at radius 1 is 1.12 bits per heavy atom. The van der Waals surface area contributed by atoms with Crippen molar-refractivity contribution in [2.75, 3.05) is 5.75 Å². The first kappa shape index (κ1) is 19.0. The van der Waals surface area contributed by atoms with Gasteiger partial charge in [-0.05, 0) is 29.7 Å². The van der Waals surface area contributed by atoms with Crippen molar-refractivity contribution in [2.24, 2.45) is 0 Å². The van der Waals surface area contributed by atoms with Crippen LogP contribution in [0.25, 0.3) is 0 Å². The molecule has 6 nitrogen and oxygen atoms in total. The van der Waals surface area contributed by atoms with Crippen molar-refractivity contribution in [1.82, 2.24) is 0 Å². The van der Waals surface area contributed by atoms with Crippen LogP contribution in [0, 0.1) is 10.1 Å². The first-order valence-corrected chi connectivity index (χ1v) is 9.65. The summed E-state index contributed by atoms with van der Waals surface area (Å²) in [5, 5.41) is 30.6. The SMILES string of the molecule is O=[N+]([O-])c1ccc(Cc2ccc(O[C@@H]3[C@@H](O)[C@H](O)CS[C@H]3S)cc2)cc1. The number of benzene rings is 2. The van der Waals surface area contributed by atoms with Crippen molar-refractivity contribution >= 4 is 30.1 Å². The summed E-state index contributed by atoms with van der Waals surface area (Å²) in [6, 6.07) is 13.9. The van der Waals surface area contributed by atoms with Crippen molar-refractivity contribution in [3.05, 3.63) is 69.8 Å². The van der Waals surface area contributed by atoms with Crippen molar-refractivity contribution in [2.45, 2.75) is 29.3 Å². The van der Waals surface area contributed by atoms with Gasteiger partial charge in [-0.25, -0.2) is 0 Å². The van der Waals surface area contributed by atoms with Gasteiger partial charge >= 0.3 is 0 Å². The van der Waals surface area contributed by atoms with Gasteiger partial charge in [0.25, 0.3) is 5.69 Å². The summed E-state index contributed by atoms with van der Waals surface area (Å²) in [5.41, 5.74) is 2.08. The molecule has 1 aliphatic heterocycles. The Hall–Kier alpha value is -1.74. The maximum Gasteiger partial charge on any atom is 0.269 e. The van der Waals surface area contributed by atoms with Gasteiger partial charge in [0.1, 0.15) is 18.0 Å². The van der Waals surface area contributed by atoms with Crippen molar-refractivity contribution in [1.29, 1.82) is 0 Å². The molecule has 0 spiro atoms. The Kier molecular flexibility index (Phi) is 6.08. The number of nitro groups is 1. The Labute approximate surface area is 160 Å². The van der Waals surface area contributed by atoms with Gasteiger partial charge in [-0.2, -0.15) is 12.6 Å². The highest BCUT2D eigenvalue weighted by Crippen LogP contribution is 2.32. The summed E-state index contributed by atoms with van der Waals surface area (Å²) >= 11 is 5.86. The molecule has 0 aliphatic carbocycles. The molecule has 2 aromatic carbocycles. The highest BCUT2D eigenvalue weighted by atomic mass is 32.2. The molecule has 1 fully saturated rings. The summed E-state index contributed by atoms with van der Waals surface area (Å²) in [6.45, 7) is 0. The number of thioether (sulfide) groups is 1. The van der Waals surface area contributed by atoms with Crippen molar-refractivity contribution in [3.8, 4) is 5.75 Å². The molecule has 0 unspecified atom stereocenters. The number of aliphatic hydroxyl groups is 2. The van der Waals surface area contributed by atoms with Gasteiger partial charge in [-0.1, -0.05) is 24.3 Å². The number of nitro benzene ring substituents is 1. The molecule has 4 atom stereocenters. The average Bonchev–Trinajstić information content (AvgIpc) is 2.64. The number of hydrogen-bond donors (Lipinski definition) is 3.